The van der Waals surface area contributed by atoms with E-state index in [9.17, 15) is 45.3 Å². The zero-order chi connectivity index (χ0) is 47.5. The molecule has 7 N–H and O–H groups in total. The van der Waals surface area contributed by atoms with Crippen molar-refractivity contribution in [3.05, 3.63) is 36.5 Å². The predicted octanol–water partition coefficient (Wildman–Crippen LogP) is 6.54. The molecular weight excluding hydrogens is 841 g/mol. The molecule has 0 aromatic heterocycles. The normalized spacial score (nSPS) is 26.7. The monoisotopic (exact) mass is 929 g/mol. The van der Waals surface area contributed by atoms with Crippen molar-refractivity contribution in [1.82, 2.24) is 0 Å². The molecule has 0 aliphatic carbocycles. The highest BCUT2D eigenvalue weighted by Gasteiger charge is 2.47. The van der Waals surface area contributed by atoms with Crippen LogP contribution in [0.2, 0.25) is 0 Å². The van der Waals surface area contributed by atoms with Crippen molar-refractivity contribution in [2.24, 2.45) is 0 Å². The Labute approximate surface area is 389 Å². The Morgan fingerprint density at radius 2 is 0.938 bits per heavy atom. The number of carbonyl (C=O) groups excluding carboxylic acids is 2. The van der Waals surface area contributed by atoms with Gasteiger partial charge in [0.1, 0.15) is 55.4 Å². The van der Waals surface area contributed by atoms with Crippen LogP contribution in [0.5, 0.6) is 0 Å². The molecule has 2 aliphatic heterocycles. The van der Waals surface area contributed by atoms with Crippen LogP contribution < -0.4 is 0 Å². The average Bonchev–Trinajstić information content (AvgIpc) is 3.30. The maximum Gasteiger partial charge on any atom is 0.306 e. The van der Waals surface area contributed by atoms with Crippen molar-refractivity contribution in [3.63, 3.8) is 0 Å². The van der Waals surface area contributed by atoms with E-state index >= 15 is 0 Å². The second kappa shape index (κ2) is 37.7. The lowest BCUT2D eigenvalue weighted by atomic mass is 9.98. The number of aliphatic hydroxyl groups excluding tert-OH is 7. The standard InChI is InChI=1S/C50H88O15/c1-3-5-7-9-11-13-15-16-17-18-19-20-21-23-25-27-29-31-33-42(53)63-38(35-60-41(52)32-30-28-26-24-22-14-12-10-8-6-4-2)36-61-49-48(59)46(57)44(55)40(65-49)37-62-50-47(58)45(56)43(54)39(34-51)64-50/h10,12-13,15,17-18,38-40,43-51,54-59H,3-9,11,14,16,19-37H2,1-2H3/b12-10-,15-13-,18-17-. The van der Waals surface area contributed by atoms with Crippen LogP contribution in [0, 0.1) is 0 Å². The van der Waals surface area contributed by atoms with Gasteiger partial charge in [-0.1, -0.05) is 134 Å². The van der Waals surface area contributed by atoms with Crippen LogP contribution in [0.3, 0.4) is 0 Å². The lowest BCUT2D eigenvalue weighted by Crippen LogP contribution is -2.61. The molecule has 2 rings (SSSR count). The zero-order valence-electron chi connectivity index (χ0n) is 39.7. The van der Waals surface area contributed by atoms with Crippen molar-refractivity contribution in [2.75, 3.05) is 26.4 Å². The van der Waals surface area contributed by atoms with Gasteiger partial charge in [0.25, 0.3) is 0 Å². The summed E-state index contributed by atoms with van der Waals surface area (Å²) in [6.07, 6.45) is 21.8. The van der Waals surface area contributed by atoms with E-state index in [1.165, 1.54) is 51.4 Å². The van der Waals surface area contributed by atoms with Crippen LogP contribution in [-0.2, 0) is 38.0 Å². The smallest absolute Gasteiger partial charge is 0.306 e. The van der Waals surface area contributed by atoms with Gasteiger partial charge in [-0.2, -0.15) is 0 Å². The molecule has 378 valence electrons. The van der Waals surface area contributed by atoms with Gasteiger partial charge in [0.2, 0.25) is 0 Å². The van der Waals surface area contributed by atoms with Crippen LogP contribution in [0.4, 0.5) is 0 Å². The molecule has 0 aromatic carbocycles. The highest BCUT2D eigenvalue weighted by atomic mass is 16.7. The van der Waals surface area contributed by atoms with Gasteiger partial charge in [-0.15, -0.1) is 0 Å². The van der Waals surface area contributed by atoms with Crippen molar-refractivity contribution in [3.8, 4) is 0 Å². The maximum absolute atomic E-state index is 13.0. The van der Waals surface area contributed by atoms with Crippen molar-refractivity contribution in [2.45, 2.75) is 242 Å². The average molecular weight is 929 g/mol. The Morgan fingerprint density at radius 3 is 1.49 bits per heavy atom. The van der Waals surface area contributed by atoms with Crippen molar-refractivity contribution >= 4 is 11.9 Å². The van der Waals surface area contributed by atoms with Gasteiger partial charge in [-0.05, 0) is 64.2 Å². The fourth-order valence-electron chi connectivity index (χ4n) is 7.64. The van der Waals surface area contributed by atoms with Gasteiger partial charge < -0.3 is 64.2 Å². The summed E-state index contributed by atoms with van der Waals surface area (Å²) in [6, 6.07) is 0. The number of carbonyl (C=O) groups is 2. The first-order chi connectivity index (χ1) is 31.5. The number of esters is 2. The third-order valence-electron chi connectivity index (χ3n) is 11.8. The summed E-state index contributed by atoms with van der Waals surface area (Å²) in [5, 5.41) is 72.0. The Kier molecular flexibility index (Phi) is 34.1. The SMILES string of the molecule is CCCC/C=C\CCCCCCCC(=O)OCC(COC1OC(COC2OC(CO)C(O)C(O)C2O)C(O)C(O)C1O)OC(=O)CCCCCCCCC/C=C\C/C=C\CCCCCC. The molecule has 0 amide bonds. The first-order valence-corrected chi connectivity index (χ1v) is 25.1. The highest BCUT2D eigenvalue weighted by molar-refractivity contribution is 5.70. The summed E-state index contributed by atoms with van der Waals surface area (Å²) >= 11 is 0. The molecule has 65 heavy (non-hydrogen) atoms. The fraction of sp³-hybridized carbons (Fsp3) is 0.840. The molecule has 2 aliphatic rings. The Balaban J connectivity index is 1.82. The second-order valence-corrected chi connectivity index (χ2v) is 17.6. The van der Waals surface area contributed by atoms with Gasteiger partial charge in [0.15, 0.2) is 18.7 Å². The number of unbranched alkanes of at least 4 members (excludes halogenated alkanes) is 18. The van der Waals surface area contributed by atoms with Gasteiger partial charge in [0.05, 0.1) is 19.8 Å². The molecule has 0 spiro atoms. The third kappa shape index (κ3) is 26.2. The fourth-order valence-corrected chi connectivity index (χ4v) is 7.64. The summed E-state index contributed by atoms with van der Waals surface area (Å²) in [5.41, 5.74) is 0. The Morgan fingerprint density at radius 1 is 0.492 bits per heavy atom. The van der Waals surface area contributed by atoms with Gasteiger partial charge in [-0.25, -0.2) is 0 Å². The molecule has 0 radical (unpaired) electrons. The number of allylic oxidation sites excluding steroid dienone is 6. The lowest BCUT2D eigenvalue weighted by Gasteiger charge is -2.42. The molecule has 11 atom stereocenters. The number of hydrogen-bond acceptors (Lipinski definition) is 15. The molecule has 2 heterocycles. The van der Waals surface area contributed by atoms with Crippen molar-refractivity contribution < 1.29 is 73.8 Å². The van der Waals surface area contributed by atoms with Crippen LogP contribution >= 0.6 is 0 Å². The van der Waals surface area contributed by atoms with Gasteiger partial charge in [0, 0.05) is 12.8 Å². The quantitative estimate of drug-likeness (QED) is 0.0198. The summed E-state index contributed by atoms with van der Waals surface area (Å²) in [6.45, 7) is 2.51. The van der Waals surface area contributed by atoms with E-state index in [4.69, 9.17) is 28.4 Å². The van der Waals surface area contributed by atoms with Crippen LogP contribution in [0.25, 0.3) is 0 Å². The third-order valence-corrected chi connectivity index (χ3v) is 11.8. The van der Waals surface area contributed by atoms with E-state index in [0.717, 1.165) is 83.5 Å². The maximum atomic E-state index is 13.0. The number of rotatable bonds is 38. The topological polar surface area (TPSA) is 231 Å². The lowest BCUT2D eigenvalue weighted by molar-refractivity contribution is -0.332. The van der Waals surface area contributed by atoms with Crippen molar-refractivity contribution in [1.29, 1.82) is 0 Å². The minimum atomic E-state index is -1.77. The molecule has 0 bridgehead atoms. The Bertz CT molecular complexity index is 1280. The van der Waals surface area contributed by atoms with E-state index in [-0.39, 0.29) is 26.1 Å². The van der Waals surface area contributed by atoms with E-state index in [1.807, 2.05) is 0 Å². The molecular formula is C50H88O15. The summed E-state index contributed by atoms with van der Waals surface area (Å²) in [4.78, 5) is 25.7. The first kappa shape index (κ1) is 58.8. The van der Waals surface area contributed by atoms with E-state index < -0.39 is 92.7 Å². The molecule has 0 aromatic rings. The van der Waals surface area contributed by atoms with E-state index in [0.29, 0.717) is 12.8 Å². The molecule has 2 fully saturated rings. The van der Waals surface area contributed by atoms with Crippen LogP contribution in [0.1, 0.15) is 174 Å². The number of aliphatic hydroxyl groups is 7. The summed E-state index contributed by atoms with van der Waals surface area (Å²) in [7, 11) is 0. The van der Waals surface area contributed by atoms with Gasteiger partial charge in [-0.3, -0.25) is 9.59 Å². The minimum Gasteiger partial charge on any atom is -0.462 e. The largest absolute Gasteiger partial charge is 0.462 e. The number of hydrogen-bond donors (Lipinski definition) is 7. The summed E-state index contributed by atoms with van der Waals surface area (Å²) < 4.78 is 33.5. The molecule has 11 unspecified atom stereocenters. The van der Waals surface area contributed by atoms with Crippen LogP contribution in [0.15, 0.2) is 36.5 Å². The summed E-state index contributed by atoms with van der Waals surface area (Å²) in [5.74, 6) is -0.946. The molecule has 0 saturated carbocycles. The van der Waals surface area contributed by atoms with Gasteiger partial charge >= 0.3 is 11.9 Å². The molecule has 15 heteroatoms. The number of ether oxygens (including phenoxy) is 6. The minimum absolute atomic E-state index is 0.155. The second-order valence-electron chi connectivity index (χ2n) is 17.6. The Hall–Kier alpha value is -2.28. The highest BCUT2D eigenvalue weighted by Crippen LogP contribution is 2.26. The van der Waals surface area contributed by atoms with E-state index in [1.54, 1.807) is 0 Å². The molecule has 15 nitrogen and oxygen atoms in total. The zero-order valence-corrected chi connectivity index (χ0v) is 39.7. The predicted molar refractivity (Wildman–Crippen MR) is 247 cm³/mol. The molecule has 2 saturated heterocycles. The first-order valence-electron chi connectivity index (χ1n) is 25.1. The van der Waals surface area contributed by atoms with Crippen LogP contribution in [-0.4, -0.2) is 142 Å². The van der Waals surface area contributed by atoms with E-state index in [2.05, 4.69) is 50.3 Å².